The van der Waals surface area contributed by atoms with Gasteiger partial charge in [0.25, 0.3) is 0 Å². The number of halogens is 2. The molecular formula is C14H18BrClN2O5. The van der Waals surface area contributed by atoms with Crippen LogP contribution >= 0.6 is 27.5 Å². The summed E-state index contributed by atoms with van der Waals surface area (Å²) in [6, 6.07) is 5.58. The van der Waals surface area contributed by atoms with Crippen molar-refractivity contribution in [1.82, 2.24) is 10.2 Å². The lowest BCUT2D eigenvalue weighted by molar-refractivity contribution is -0.159. The fourth-order valence-electron chi connectivity index (χ4n) is 1.81. The normalized spacial score (nSPS) is 14.5. The van der Waals surface area contributed by atoms with Gasteiger partial charge in [-0.2, -0.15) is 0 Å². The number of rotatable bonds is 4. The Morgan fingerprint density at radius 3 is 2.39 bits per heavy atom. The summed E-state index contributed by atoms with van der Waals surface area (Å²) in [5, 5.41) is 18.8. The monoisotopic (exact) mass is 408 g/mol. The second-order valence-electron chi connectivity index (χ2n) is 4.63. The molecule has 0 amide bonds. The molecule has 9 heteroatoms. The van der Waals surface area contributed by atoms with Crippen LogP contribution in [0.1, 0.15) is 0 Å². The highest BCUT2D eigenvalue weighted by Crippen LogP contribution is 2.27. The summed E-state index contributed by atoms with van der Waals surface area (Å²) in [7, 11) is 0. The van der Waals surface area contributed by atoms with Gasteiger partial charge in [0.1, 0.15) is 12.4 Å². The SMILES string of the molecule is Clc1ccc(OCCN2CCNCC2)c(Br)c1.O=C(O)C(=O)O. The summed E-state index contributed by atoms with van der Waals surface area (Å²) in [4.78, 5) is 20.6. The molecule has 0 saturated carbocycles. The Hall–Kier alpha value is -1.35. The van der Waals surface area contributed by atoms with Crippen LogP contribution in [0.15, 0.2) is 22.7 Å². The Balaban J connectivity index is 0.000000379. The van der Waals surface area contributed by atoms with Gasteiger partial charge in [-0.3, -0.25) is 4.90 Å². The van der Waals surface area contributed by atoms with E-state index in [9.17, 15) is 0 Å². The first-order valence-electron chi connectivity index (χ1n) is 6.87. The number of piperazine rings is 1. The first kappa shape index (κ1) is 19.7. The summed E-state index contributed by atoms with van der Waals surface area (Å²) < 4.78 is 6.63. The van der Waals surface area contributed by atoms with Crippen molar-refractivity contribution in [3.8, 4) is 5.75 Å². The van der Waals surface area contributed by atoms with Crippen molar-refractivity contribution in [2.75, 3.05) is 39.3 Å². The van der Waals surface area contributed by atoms with Crippen LogP contribution in [-0.2, 0) is 9.59 Å². The van der Waals surface area contributed by atoms with E-state index < -0.39 is 11.9 Å². The molecule has 1 saturated heterocycles. The second-order valence-corrected chi connectivity index (χ2v) is 5.92. The molecule has 23 heavy (non-hydrogen) atoms. The van der Waals surface area contributed by atoms with Gasteiger partial charge in [0, 0.05) is 37.7 Å². The van der Waals surface area contributed by atoms with Crippen LogP contribution in [0.25, 0.3) is 0 Å². The van der Waals surface area contributed by atoms with Crippen LogP contribution in [-0.4, -0.2) is 66.4 Å². The molecular weight excluding hydrogens is 392 g/mol. The van der Waals surface area contributed by atoms with E-state index in [0.717, 1.165) is 42.9 Å². The highest BCUT2D eigenvalue weighted by atomic mass is 79.9. The first-order valence-corrected chi connectivity index (χ1v) is 8.04. The lowest BCUT2D eigenvalue weighted by Crippen LogP contribution is -2.44. The maximum Gasteiger partial charge on any atom is 0.414 e. The largest absolute Gasteiger partial charge is 0.491 e. The molecule has 3 N–H and O–H groups in total. The first-order chi connectivity index (χ1) is 10.9. The van der Waals surface area contributed by atoms with Crippen molar-refractivity contribution in [2.45, 2.75) is 0 Å². The van der Waals surface area contributed by atoms with Crippen molar-refractivity contribution < 1.29 is 24.5 Å². The predicted molar refractivity (Wildman–Crippen MR) is 89.2 cm³/mol. The van der Waals surface area contributed by atoms with Gasteiger partial charge in [-0.05, 0) is 34.1 Å². The maximum atomic E-state index is 9.10. The Kier molecular flexibility index (Phi) is 8.93. The lowest BCUT2D eigenvalue weighted by Gasteiger charge is -2.27. The molecule has 0 spiro atoms. The van der Waals surface area contributed by atoms with Gasteiger partial charge < -0.3 is 20.3 Å². The zero-order chi connectivity index (χ0) is 17.2. The highest BCUT2D eigenvalue weighted by Gasteiger charge is 2.09. The van der Waals surface area contributed by atoms with E-state index in [1.807, 2.05) is 18.2 Å². The van der Waals surface area contributed by atoms with Crippen LogP contribution in [0.2, 0.25) is 5.02 Å². The second kappa shape index (κ2) is 10.4. The number of carboxylic acids is 2. The number of benzene rings is 1. The summed E-state index contributed by atoms with van der Waals surface area (Å²) in [6.07, 6.45) is 0. The minimum atomic E-state index is -1.82. The average Bonchev–Trinajstić information content (AvgIpc) is 2.51. The lowest BCUT2D eigenvalue weighted by atomic mass is 10.3. The van der Waals surface area contributed by atoms with Crippen molar-refractivity contribution in [2.24, 2.45) is 0 Å². The molecule has 1 aromatic carbocycles. The Bertz CT molecular complexity index is 526. The third kappa shape index (κ3) is 8.17. The molecule has 1 heterocycles. The molecule has 1 fully saturated rings. The fourth-order valence-corrected chi connectivity index (χ4v) is 2.61. The number of carboxylic acid groups (broad SMARTS) is 2. The van der Waals surface area contributed by atoms with Crippen molar-refractivity contribution in [3.63, 3.8) is 0 Å². The summed E-state index contributed by atoms with van der Waals surface area (Å²) in [5.41, 5.74) is 0. The summed E-state index contributed by atoms with van der Waals surface area (Å²) in [5.74, 6) is -2.80. The van der Waals surface area contributed by atoms with Crippen molar-refractivity contribution >= 4 is 39.5 Å². The molecule has 128 valence electrons. The molecule has 2 rings (SSSR count). The summed E-state index contributed by atoms with van der Waals surface area (Å²) in [6.45, 7) is 6.03. The molecule has 0 bridgehead atoms. The molecule has 0 radical (unpaired) electrons. The number of hydrogen-bond donors (Lipinski definition) is 3. The topological polar surface area (TPSA) is 99.1 Å². The average molecular weight is 410 g/mol. The molecule has 0 aliphatic carbocycles. The third-order valence-electron chi connectivity index (χ3n) is 2.95. The molecule has 0 atom stereocenters. The van der Waals surface area contributed by atoms with Gasteiger partial charge in [-0.1, -0.05) is 11.6 Å². The van der Waals surface area contributed by atoms with Gasteiger partial charge in [-0.25, -0.2) is 9.59 Å². The third-order valence-corrected chi connectivity index (χ3v) is 3.81. The zero-order valence-corrected chi connectivity index (χ0v) is 14.6. The predicted octanol–water partition coefficient (Wildman–Crippen LogP) is 1.54. The van der Waals surface area contributed by atoms with Crippen molar-refractivity contribution in [3.05, 3.63) is 27.7 Å². The van der Waals surface area contributed by atoms with Gasteiger partial charge in [-0.15, -0.1) is 0 Å². The maximum absolute atomic E-state index is 9.10. The zero-order valence-electron chi connectivity index (χ0n) is 12.3. The number of nitrogens with zero attached hydrogens (tertiary/aromatic N) is 1. The van der Waals surface area contributed by atoms with Crippen molar-refractivity contribution in [1.29, 1.82) is 0 Å². The number of nitrogens with one attached hydrogen (secondary N) is 1. The van der Waals surface area contributed by atoms with Crippen LogP contribution in [0.4, 0.5) is 0 Å². The van der Waals surface area contributed by atoms with E-state index in [4.69, 9.17) is 36.1 Å². The van der Waals surface area contributed by atoms with Crippen LogP contribution < -0.4 is 10.1 Å². The fraction of sp³-hybridized carbons (Fsp3) is 0.429. The molecule has 0 aromatic heterocycles. The van der Waals surface area contributed by atoms with Gasteiger partial charge in [0.15, 0.2) is 0 Å². The number of ether oxygens (including phenoxy) is 1. The number of hydrogen-bond acceptors (Lipinski definition) is 5. The van der Waals surface area contributed by atoms with E-state index in [-0.39, 0.29) is 0 Å². The smallest absolute Gasteiger partial charge is 0.414 e. The molecule has 1 aliphatic heterocycles. The van der Waals surface area contributed by atoms with E-state index >= 15 is 0 Å². The Morgan fingerprint density at radius 2 is 1.87 bits per heavy atom. The minimum absolute atomic E-state index is 0.709. The Morgan fingerprint density at radius 1 is 1.26 bits per heavy atom. The quantitative estimate of drug-likeness (QED) is 0.649. The van der Waals surface area contributed by atoms with Crippen LogP contribution in [0, 0.1) is 0 Å². The van der Waals surface area contributed by atoms with E-state index in [0.29, 0.717) is 11.6 Å². The van der Waals surface area contributed by atoms with Crippen LogP contribution in [0.5, 0.6) is 5.75 Å². The molecule has 1 aliphatic rings. The number of carbonyl (C=O) groups is 2. The molecule has 7 nitrogen and oxygen atoms in total. The Labute approximate surface area is 147 Å². The van der Waals surface area contributed by atoms with Gasteiger partial charge in [0.2, 0.25) is 0 Å². The van der Waals surface area contributed by atoms with E-state index in [2.05, 4.69) is 26.1 Å². The summed E-state index contributed by atoms with van der Waals surface area (Å²) >= 11 is 9.31. The minimum Gasteiger partial charge on any atom is -0.491 e. The van der Waals surface area contributed by atoms with E-state index in [1.54, 1.807) is 0 Å². The van der Waals surface area contributed by atoms with Crippen LogP contribution in [0.3, 0.4) is 0 Å². The standard InChI is InChI=1S/C12H16BrClN2O.C2H2O4/c13-11-9-10(14)1-2-12(11)17-8-7-16-5-3-15-4-6-16;3-1(4)2(5)6/h1-2,9,15H,3-8H2;(H,3,4)(H,5,6). The van der Waals surface area contributed by atoms with Gasteiger partial charge >= 0.3 is 11.9 Å². The van der Waals surface area contributed by atoms with E-state index in [1.165, 1.54) is 0 Å². The highest BCUT2D eigenvalue weighted by molar-refractivity contribution is 9.10. The molecule has 1 aromatic rings. The van der Waals surface area contributed by atoms with Gasteiger partial charge in [0.05, 0.1) is 4.47 Å². The number of aliphatic carboxylic acids is 2. The molecule has 0 unspecified atom stereocenters.